The number of sulfonamides is 1. The molecule has 0 bridgehead atoms. The number of primary sulfonamides is 1. The van der Waals surface area contributed by atoms with Gasteiger partial charge in [0.05, 0.1) is 15.1 Å². The smallest absolute Gasteiger partial charge is 0.270 e. The first-order valence-corrected chi connectivity index (χ1v) is 10.1. The summed E-state index contributed by atoms with van der Waals surface area (Å²) in [5.74, 6) is -0.261. The predicted molar refractivity (Wildman–Crippen MR) is 101 cm³/mol. The Balaban J connectivity index is 1.83. The van der Waals surface area contributed by atoms with Crippen molar-refractivity contribution >= 4 is 37.5 Å². The molecule has 0 aliphatic rings. The van der Waals surface area contributed by atoms with Gasteiger partial charge in [-0.25, -0.2) is 18.5 Å². The highest BCUT2D eigenvalue weighted by molar-refractivity contribution is 9.10. The normalized spacial score (nSPS) is 11.7. The number of carbonyl (C=O) groups is 1. The largest absolute Gasteiger partial charge is 0.347 e. The molecule has 0 unspecified atom stereocenters. The molecular weight excluding hydrogens is 420 g/mol. The van der Waals surface area contributed by atoms with Crippen molar-refractivity contribution in [3.05, 3.63) is 63.5 Å². The summed E-state index contributed by atoms with van der Waals surface area (Å²) in [6.07, 6.45) is 1.86. The number of amides is 1. The fourth-order valence-corrected chi connectivity index (χ4v) is 3.84. The number of rotatable bonds is 4. The van der Waals surface area contributed by atoms with Gasteiger partial charge >= 0.3 is 0 Å². The van der Waals surface area contributed by atoms with E-state index >= 15 is 0 Å². The zero-order chi connectivity index (χ0) is 19.1. The zero-order valence-corrected chi connectivity index (χ0v) is 16.6. The molecule has 0 saturated heterocycles. The van der Waals surface area contributed by atoms with Crippen molar-refractivity contribution in [3.8, 4) is 0 Å². The molecule has 0 spiro atoms. The second-order valence-electron chi connectivity index (χ2n) is 5.98. The second kappa shape index (κ2) is 6.82. The van der Waals surface area contributed by atoms with Crippen LogP contribution >= 0.6 is 15.9 Å². The Morgan fingerprint density at radius 2 is 1.92 bits per heavy atom. The third-order valence-corrected chi connectivity index (χ3v) is 5.42. The summed E-state index contributed by atoms with van der Waals surface area (Å²) in [7, 11) is -3.73. The molecule has 9 heteroatoms. The maximum atomic E-state index is 12.7. The second-order valence-corrected chi connectivity index (χ2v) is 8.39. The highest BCUT2D eigenvalue weighted by Gasteiger charge is 2.18. The molecule has 0 atom stereocenters. The highest BCUT2D eigenvalue weighted by atomic mass is 79.9. The van der Waals surface area contributed by atoms with Gasteiger partial charge in [-0.2, -0.15) is 0 Å². The van der Waals surface area contributed by atoms with E-state index in [2.05, 4.69) is 26.2 Å². The van der Waals surface area contributed by atoms with Gasteiger partial charge in [-0.3, -0.25) is 9.20 Å². The Kier molecular flexibility index (Phi) is 4.87. The Morgan fingerprint density at radius 3 is 2.54 bits per heavy atom. The molecule has 1 aromatic carbocycles. The Hall–Kier alpha value is -2.23. The van der Waals surface area contributed by atoms with Gasteiger partial charge in [0.25, 0.3) is 5.91 Å². The standard InChI is InChI=1S/C17H17BrN4O3S/c1-10-7-14(18)16-21-11(2)15(22(16)9-10)17(23)20-8-12-3-5-13(6-4-12)26(19,24)25/h3-7,9H,8H2,1-2H3,(H,20,23)(H2,19,24,25). The van der Waals surface area contributed by atoms with Crippen LogP contribution in [0.1, 0.15) is 27.3 Å². The van der Waals surface area contributed by atoms with Crippen molar-refractivity contribution < 1.29 is 13.2 Å². The minimum atomic E-state index is -3.73. The van der Waals surface area contributed by atoms with Gasteiger partial charge in [0.15, 0.2) is 5.65 Å². The molecule has 26 heavy (non-hydrogen) atoms. The summed E-state index contributed by atoms with van der Waals surface area (Å²) in [5, 5.41) is 7.91. The minimum Gasteiger partial charge on any atom is -0.347 e. The number of nitrogens with two attached hydrogens (primary N) is 1. The number of nitrogens with one attached hydrogen (secondary N) is 1. The van der Waals surface area contributed by atoms with E-state index in [1.807, 2.05) is 19.2 Å². The average molecular weight is 437 g/mol. The van der Waals surface area contributed by atoms with E-state index in [-0.39, 0.29) is 17.3 Å². The van der Waals surface area contributed by atoms with Crippen LogP contribution in [0.2, 0.25) is 0 Å². The summed E-state index contributed by atoms with van der Waals surface area (Å²) >= 11 is 3.47. The summed E-state index contributed by atoms with van der Waals surface area (Å²) < 4.78 is 25.1. The van der Waals surface area contributed by atoms with Crippen molar-refractivity contribution in [3.63, 3.8) is 0 Å². The van der Waals surface area contributed by atoms with Crippen LogP contribution in [-0.2, 0) is 16.6 Å². The lowest BCUT2D eigenvalue weighted by molar-refractivity contribution is 0.0944. The quantitative estimate of drug-likeness (QED) is 0.653. The predicted octanol–water partition coefficient (Wildman–Crippen LogP) is 2.29. The van der Waals surface area contributed by atoms with Crippen molar-refractivity contribution in [2.24, 2.45) is 5.14 Å². The van der Waals surface area contributed by atoms with Gasteiger partial charge in [0.1, 0.15) is 5.69 Å². The third kappa shape index (κ3) is 3.64. The number of carbonyl (C=O) groups excluding carboxylic acids is 1. The van der Waals surface area contributed by atoms with Crippen LogP contribution in [0.4, 0.5) is 0 Å². The molecule has 0 saturated carbocycles. The molecule has 0 radical (unpaired) electrons. The first-order chi connectivity index (χ1) is 12.2. The molecular formula is C17H17BrN4O3S. The number of halogens is 1. The number of nitrogens with zero attached hydrogens (tertiary/aromatic N) is 2. The molecule has 136 valence electrons. The van der Waals surface area contributed by atoms with E-state index < -0.39 is 10.0 Å². The fourth-order valence-electron chi connectivity index (χ4n) is 2.68. The van der Waals surface area contributed by atoms with Crippen molar-refractivity contribution in [2.75, 3.05) is 0 Å². The van der Waals surface area contributed by atoms with Crippen LogP contribution in [0, 0.1) is 13.8 Å². The number of benzene rings is 1. The number of fused-ring (bicyclic) bond motifs is 1. The van der Waals surface area contributed by atoms with Gasteiger partial charge in [-0.15, -0.1) is 0 Å². The molecule has 1 amide bonds. The summed E-state index contributed by atoms with van der Waals surface area (Å²) in [6.45, 7) is 3.97. The first kappa shape index (κ1) is 18.6. The van der Waals surface area contributed by atoms with Crippen LogP contribution < -0.4 is 10.5 Å². The van der Waals surface area contributed by atoms with Crippen LogP contribution in [-0.4, -0.2) is 23.7 Å². The van der Waals surface area contributed by atoms with Crippen molar-refractivity contribution in [2.45, 2.75) is 25.3 Å². The lowest BCUT2D eigenvalue weighted by Crippen LogP contribution is -2.25. The molecule has 2 heterocycles. The SMILES string of the molecule is Cc1cc(Br)c2nc(C)c(C(=O)NCc3ccc(S(N)(=O)=O)cc3)n2c1. The van der Waals surface area contributed by atoms with E-state index in [4.69, 9.17) is 5.14 Å². The topological polar surface area (TPSA) is 107 Å². The summed E-state index contributed by atoms with van der Waals surface area (Å²) in [4.78, 5) is 17.1. The van der Waals surface area contributed by atoms with Crippen LogP contribution in [0.3, 0.4) is 0 Å². The number of aryl methyl sites for hydroxylation is 2. The molecule has 0 fully saturated rings. The average Bonchev–Trinajstić information content (AvgIpc) is 2.88. The van der Waals surface area contributed by atoms with E-state index in [1.165, 1.54) is 12.1 Å². The van der Waals surface area contributed by atoms with E-state index in [1.54, 1.807) is 23.5 Å². The van der Waals surface area contributed by atoms with Crippen LogP contribution in [0.5, 0.6) is 0 Å². The van der Waals surface area contributed by atoms with Gasteiger partial charge in [0.2, 0.25) is 10.0 Å². The number of pyridine rings is 1. The molecule has 3 N–H and O–H groups in total. The lowest BCUT2D eigenvalue weighted by atomic mass is 10.2. The summed E-state index contributed by atoms with van der Waals surface area (Å²) in [6, 6.07) is 7.99. The van der Waals surface area contributed by atoms with Gasteiger partial charge < -0.3 is 5.32 Å². The third-order valence-electron chi connectivity index (χ3n) is 3.91. The van der Waals surface area contributed by atoms with Gasteiger partial charge in [0, 0.05) is 12.7 Å². The zero-order valence-electron chi connectivity index (χ0n) is 14.2. The maximum absolute atomic E-state index is 12.7. The van der Waals surface area contributed by atoms with E-state index in [0.29, 0.717) is 17.0 Å². The number of imidazole rings is 1. The van der Waals surface area contributed by atoms with Gasteiger partial charge in [-0.1, -0.05) is 12.1 Å². The lowest BCUT2D eigenvalue weighted by Gasteiger charge is -2.08. The molecule has 2 aromatic heterocycles. The molecule has 3 aromatic rings. The number of hydrogen-bond donors (Lipinski definition) is 2. The highest BCUT2D eigenvalue weighted by Crippen LogP contribution is 2.22. The molecule has 7 nitrogen and oxygen atoms in total. The summed E-state index contributed by atoms with van der Waals surface area (Å²) in [5.41, 5.74) is 3.52. The molecule has 0 aliphatic heterocycles. The monoisotopic (exact) mass is 436 g/mol. The number of aromatic nitrogens is 2. The van der Waals surface area contributed by atoms with Crippen LogP contribution in [0.25, 0.3) is 5.65 Å². The molecule has 3 rings (SSSR count). The Bertz CT molecular complexity index is 1110. The fraction of sp³-hybridized carbons (Fsp3) is 0.176. The van der Waals surface area contributed by atoms with Gasteiger partial charge in [-0.05, 0) is 59.1 Å². The first-order valence-electron chi connectivity index (χ1n) is 7.71. The van der Waals surface area contributed by atoms with Crippen molar-refractivity contribution in [1.82, 2.24) is 14.7 Å². The van der Waals surface area contributed by atoms with Crippen LogP contribution in [0.15, 0.2) is 45.9 Å². The molecule has 0 aliphatic carbocycles. The van der Waals surface area contributed by atoms with E-state index in [0.717, 1.165) is 15.6 Å². The Labute approximate surface area is 159 Å². The maximum Gasteiger partial charge on any atom is 0.270 e. The van der Waals surface area contributed by atoms with E-state index in [9.17, 15) is 13.2 Å². The Morgan fingerprint density at radius 1 is 1.27 bits per heavy atom. The van der Waals surface area contributed by atoms with Crippen molar-refractivity contribution in [1.29, 1.82) is 0 Å². The number of hydrogen-bond acceptors (Lipinski definition) is 4. The minimum absolute atomic E-state index is 0.0329.